The van der Waals surface area contributed by atoms with Crippen molar-refractivity contribution < 1.29 is 27.9 Å². The van der Waals surface area contributed by atoms with E-state index in [0.717, 1.165) is 0 Å². The number of aliphatic carboxylic acids is 1. The van der Waals surface area contributed by atoms with Crippen LogP contribution in [0.25, 0.3) is 0 Å². The molecule has 8 nitrogen and oxygen atoms in total. The molecule has 0 heterocycles. The summed E-state index contributed by atoms with van der Waals surface area (Å²) in [5, 5.41) is 11.7. The summed E-state index contributed by atoms with van der Waals surface area (Å²) in [6.45, 7) is 0. The molecule has 1 aliphatic rings. The maximum absolute atomic E-state index is 12.3. The van der Waals surface area contributed by atoms with Gasteiger partial charge in [0.2, 0.25) is 10.0 Å². The topological polar surface area (TPSA) is 122 Å². The predicted molar refractivity (Wildman–Crippen MR) is 85.5 cm³/mol. The van der Waals surface area contributed by atoms with E-state index in [1.807, 2.05) is 0 Å². The molecule has 2 rings (SSSR count). The van der Waals surface area contributed by atoms with E-state index < -0.39 is 27.8 Å². The van der Waals surface area contributed by atoms with Crippen LogP contribution in [0, 0.1) is 5.92 Å². The maximum atomic E-state index is 12.3. The minimum Gasteiger partial charge on any atom is -0.495 e. The van der Waals surface area contributed by atoms with Gasteiger partial charge in [-0.05, 0) is 44.5 Å². The van der Waals surface area contributed by atoms with Gasteiger partial charge in [0, 0.05) is 11.6 Å². The molecular weight excluding hydrogens is 336 g/mol. The van der Waals surface area contributed by atoms with Crippen molar-refractivity contribution in [3.63, 3.8) is 0 Å². The molecule has 3 N–H and O–H groups in total. The highest BCUT2D eigenvalue weighted by Crippen LogP contribution is 2.27. The van der Waals surface area contributed by atoms with Crippen LogP contribution in [0.15, 0.2) is 23.1 Å². The van der Waals surface area contributed by atoms with E-state index in [9.17, 15) is 18.0 Å². The highest BCUT2D eigenvalue weighted by atomic mass is 32.2. The number of ether oxygens (including phenoxy) is 1. The molecule has 1 saturated carbocycles. The summed E-state index contributed by atoms with van der Waals surface area (Å²) in [5.41, 5.74) is 0.170. The Morgan fingerprint density at radius 1 is 1.29 bits per heavy atom. The van der Waals surface area contributed by atoms with Gasteiger partial charge in [0.25, 0.3) is 5.91 Å². The molecule has 0 radical (unpaired) electrons. The monoisotopic (exact) mass is 356 g/mol. The second-order valence-electron chi connectivity index (χ2n) is 5.59. The number of nitrogens with one attached hydrogen (secondary N) is 2. The average molecular weight is 356 g/mol. The Kier molecular flexibility index (Phi) is 5.45. The van der Waals surface area contributed by atoms with Gasteiger partial charge >= 0.3 is 5.97 Å². The molecule has 1 aromatic carbocycles. The molecule has 0 saturated heterocycles. The zero-order chi connectivity index (χ0) is 17.9. The Hall–Kier alpha value is -2.13. The van der Waals surface area contributed by atoms with E-state index in [1.165, 1.54) is 32.4 Å². The van der Waals surface area contributed by atoms with Gasteiger partial charge in [-0.3, -0.25) is 9.59 Å². The predicted octanol–water partition coefficient (Wildman–Crippen LogP) is 0.586. The summed E-state index contributed by atoms with van der Waals surface area (Å²) in [4.78, 5) is 23.2. The van der Waals surface area contributed by atoms with E-state index >= 15 is 0 Å². The lowest BCUT2D eigenvalue weighted by Crippen LogP contribution is -2.33. The number of methoxy groups -OCH3 is 1. The van der Waals surface area contributed by atoms with Crippen LogP contribution >= 0.6 is 0 Å². The molecule has 0 spiro atoms. The van der Waals surface area contributed by atoms with Crippen LogP contribution in [-0.2, 0) is 14.8 Å². The lowest BCUT2D eigenvalue weighted by atomic mass is 10.1. The van der Waals surface area contributed by atoms with Gasteiger partial charge in [0.1, 0.15) is 10.6 Å². The number of rotatable bonds is 6. The van der Waals surface area contributed by atoms with Gasteiger partial charge in [0.15, 0.2) is 0 Å². The first kappa shape index (κ1) is 18.2. The smallest absolute Gasteiger partial charge is 0.306 e. The van der Waals surface area contributed by atoms with Crippen molar-refractivity contribution in [2.75, 3.05) is 14.2 Å². The highest BCUT2D eigenvalue weighted by Gasteiger charge is 2.31. The van der Waals surface area contributed by atoms with E-state index in [1.54, 1.807) is 0 Å². The number of amides is 1. The van der Waals surface area contributed by atoms with Crippen molar-refractivity contribution in [1.82, 2.24) is 10.0 Å². The fourth-order valence-electron chi connectivity index (χ4n) is 2.74. The molecule has 0 aliphatic heterocycles. The number of benzene rings is 1. The van der Waals surface area contributed by atoms with Crippen molar-refractivity contribution in [1.29, 1.82) is 0 Å². The lowest BCUT2D eigenvalue weighted by Gasteiger charge is -2.14. The number of sulfonamides is 1. The Labute approximate surface area is 140 Å². The van der Waals surface area contributed by atoms with Crippen molar-refractivity contribution >= 4 is 21.9 Å². The SMILES string of the molecule is CNS(=O)(=O)c1cc(C(=O)N[C@H]2CC[C@@H](C(=O)O)C2)ccc1OC. The minimum atomic E-state index is -3.78. The second-order valence-corrected chi connectivity index (χ2v) is 7.45. The number of carboxylic acid groups (broad SMARTS) is 1. The molecule has 2 atom stereocenters. The largest absolute Gasteiger partial charge is 0.495 e. The first-order chi connectivity index (χ1) is 11.3. The van der Waals surface area contributed by atoms with Crippen molar-refractivity contribution in [3.8, 4) is 5.75 Å². The average Bonchev–Trinajstić information content (AvgIpc) is 3.03. The fourth-order valence-corrected chi connectivity index (χ4v) is 3.66. The van der Waals surface area contributed by atoms with E-state index in [4.69, 9.17) is 9.84 Å². The molecule has 1 aliphatic carbocycles. The Balaban J connectivity index is 2.19. The van der Waals surface area contributed by atoms with Crippen molar-refractivity contribution in [2.24, 2.45) is 5.92 Å². The summed E-state index contributed by atoms with van der Waals surface area (Å²) < 4.78 is 31.3. The molecule has 1 amide bonds. The summed E-state index contributed by atoms with van der Waals surface area (Å²) in [7, 11) is -1.17. The molecule has 1 aromatic rings. The summed E-state index contributed by atoms with van der Waals surface area (Å²) >= 11 is 0. The van der Waals surface area contributed by atoms with E-state index in [0.29, 0.717) is 19.3 Å². The number of hydrogen-bond donors (Lipinski definition) is 3. The third kappa shape index (κ3) is 3.85. The second kappa shape index (κ2) is 7.18. The van der Waals surface area contributed by atoms with E-state index in [-0.39, 0.29) is 22.3 Å². The Morgan fingerprint density at radius 3 is 2.54 bits per heavy atom. The number of carboxylic acids is 1. The molecule has 0 unspecified atom stereocenters. The zero-order valence-electron chi connectivity index (χ0n) is 13.4. The van der Waals surface area contributed by atoms with Gasteiger partial charge in [-0.1, -0.05) is 0 Å². The van der Waals surface area contributed by atoms with Crippen molar-refractivity contribution in [2.45, 2.75) is 30.2 Å². The van der Waals surface area contributed by atoms with Gasteiger partial charge in [-0.2, -0.15) is 0 Å². The minimum absolute atomic E-state index is 0.130. The van der Waals surface area contributed by atoms with Crippen LogP contribution in [0.1, 0.15) is 29.6 Å². The molecule has 1 fully saturated rings. The quantitative estimate of drug-likeness (QED) is 0.686. The maximum Gasteiger partial charge on any atom is 0.306 e. The molecule has 0 aromatic heterocycles. The van der Waals surface area contributed by atoms with Crippen LogP contribution in [0.4, 0.5) is 0 Å². The fraction of sp³-hybridized carbons (Fsp3) is 0.467. The van der Waals surface area contributed by atoms with Crippen molar-refractivity contribution in [3.05, 3.63) is 23.8 Å². The third-order valence-corrected chi connectivity index (χ3v) is 5.54. The number of carbonyl (C=O) groups excluding carboxylic acids is 1. The number of hydrogen-bond acceptors (Lipinski definition) is 5. The van der Waals surface area contributed by atoms with Gasteiger partial charge in [0.05, 0.1) is 13.0 Å². The van der Waals surface area contributed by atoms with Crippen LogP contribution in [0.2, 0.25) is 0 Å². The van der Waals surface area contributed by atoms with Gasteiger partial charge < -0.3 is 15.2 Å². The van der Waals surface area contributed by atoms with Crippen LogP contribution < -0.4 is 14.8 Å². The molecule has 24 heavy (non-hydrogen) atoms. The van der Waals surface area contributed by atoms with Crippen LogP contribution in [0.3, 0.4) is 0 Å². The molecule has 132 valence electrons. The van der Waals surface area contributed by atoms with Gasteiger partial charge in [-0.15, -0.1) is 0 Å². The molecule has 0 bridgehead atoms. The summed E-state index contributed by atoms with van der Waals surface area (Å²) in [6, 6.07) is 3.88. The Morgan fingerprint density at radius 2 is 2.00 bits per heavy atom. The van der Waals surface area contributed by atoms with Crippen LogP contribution in [-0.4, -0.2) is 45.6 Å². The highest BCUT2D eigenvalue weighted by molar-refractivity contribution is 7.89. The third-order valence-electron chi connectivity index (χ3n) is 4.10. The number of carbonyl (C=O) groups is 2. The zero-order valence-corrected chi connectivity index (χ0v) is 14.2. The molecular formula is C15H20N2O6S. The summed E-state index contributed by atoms with van der Waals surface area (Å²) in [5.74, 6) is -1.63. The normalized spacial score (nSPS) is 20.6. The van der Waals surface area contributed by atoms with Gasteiger partial charge in [-0.25, -0.2) is 13.1 Å². The Bertz CT molecular complexity index is 746. The first-order valence-corrected chi connectivity index (χ1v) is 8.92. The standard InChI is InChI=1S/C15H20N2O6S/c1-16-24(21,22)13-8-9(4-6-12(13)23-2)14(18)17-11-5-3-10(7-11)15(19)20/h4,6,8,10-11,16H,3,5,7H2,1-2H3,(H,17,18)(H,19,20)/t10-,11+/m1/s1. The molecule has 9 heteroatoms. The van der Waals surface area contributed by atoms with E-state index in [2.05, 4.69) is 10.0 Å². The first-order valence-electron chi connectivity index (χ1n) is 7.43. The lowest BCUT2D eigenvalue weighted by molar-refractivity contribution is -0.141. The van der Waals surface area contributed by atoms with Crippen LogP contribution in [0.5, 0.6) is 5.75 Å². The summed E-state index contributed by atoms with van der Waals surface area (Å²) in [6.07, 6.45) is 1.47.